The second kappa shape index (κ2) is 6.12. The summed E-state index contributed by atoms with van der Waals surface area (Å²) in [4.78, 5) is 16.7. The van der Waals surface area contributed by atoms with Crippen LogP contribution in [0.5, 0.6) is 0 Å². The van der Waals surface area contributed by atoms with Gasteiger partial charge in [0.2, 0.25) is 0 Å². The molecule has 0 saturated heterocycles. The number of amides is 1. The highest BCUT2D eigenvalue weighted by molar-refractivity contribution is 7.80. The van der Waals surface area contributed by atoms with Crippen molar-refractivity contribution in [2.75, 3.05) is 4.90 Å². The van der Waals surface area contributed by atoms with E-state index in [0.717, 1.165) is 26.2 Å². The summed E-state index contributed by atoms with van der Waals surface area (Å²) >= 11 is 5.63. The molecule has 0 saturated carbocycles. The van der Waals surface area contributed by atoms with Gasteiger partial charge >= 0.3 is 0 Å². The number of nitrogens with zero attached hydrogens (tertiary/aromatic N) is 1. The molecule has 0 aliphatic carbocycles. The first-order valence-electron chi connectivity index (χ1n) is 8.46. The first-order chi connectivity index (χ1) is 12.3. The molecule has 0 atom stereocenters. The number of hydrogen-bond acceptors (Lipinski definition) is 4. The molecule has 2 nitrogen and oxygen atoms in total. The predicted octanol–water partition coefficient (Wildman–Crippen LogP) is 6.72. The SMILES string of the molecule is Cc1cccc(C(=O)N2c3ccc(C)cc3-c3c(ssc3=S)C2(C)C)c1. The zero-order chi connectivity index (χ0) is 18.6. The van der Waals surface area contributed by atoms with Crippen LogP contribution in [-0.4, -0.2) is 5.91 Å². The Balaban J connectivity index is 1.99. The molecule has 0 spiro atoms. The summed E-state index contributed by atoms with van der Waals surface area (Å²) in [5.41, 5.74) is 5.67. The van der Waals surface area contributed by atoms with Crippen LogP contribution in [0, 0.1) is 17.7 Å². The Bertz CT molecular complexity index is 1090. The van der Waals surface area contributed by atoms with Crippen molar-refractivity contribution in [1.29, 1.82) is 0 Å². The van der Waals surface area contributed by atoms with Crippen LogP contribution in [0.1, 0.15) is 40.2 Å². The fraction of sp³-hybridized carbons (Fsp3) is 0.238. The van der Waals surface area contributed by atoms with Crippen LogP contribution in [0.4, 0.5) is 5.69 Å². The van der Waals surface area contributed by atoms with Crippen LogP contribution in [0.2, 0.25) is 0 Å². The van der Waals surface area contributed by atoms with Crippen LogP contribution >= 0.6 is 32.9 Å². The molecule has 0 bridgehead atoms. The maximum Gasteiger partial charge on any atom is 0.259 e. The molecule has 3 aromatic rings. The summed E-state index contributed by atoms with van der Waals surface area (Å²) in [6, 6.07) is 14.1. The Labute approximate surface area is 166 Å². The van der Waals surface area contributed by atoms with Gasteiger partial charge in [-0.25, -0.2) is 0 Å². The Morgan fingerprint density at radius 2 is 1.77 bits per heavy atom. The van der Waals surface area contributed by atoms with Crippen molar-refractivity contribution < 1.29 is 4.79 Å². The van der Waals surface area contributed by atoms with Crippen molar-refractivity contribution in [2.45, 2.75) is 33.2 Å². The van der Waals surface area contributed by atoms with Crippen LogP contribution in [-0.2, 0) is 5.54 Å². The highest BCUT2D eigenvalue weighted by atomic mass is 32.9. The summed E-state index contributed by atoms with van der Waals surface area (Å²) in [5, 5.41) is 0. The Kier molecular flexibility index (Phi) is 4.14. The topological polar surface area (TPSA) is 20.3 Å². The average molecular weight is 398 g/mol. The zero-order valence-corrected chi connectivity index (χ0v) is 17.6. The number of rotatable bonds is 1. The quantitative estimate of drug-likeness (QED) is 0.336. The molecule has 0 unspecified atom stereocenters. The maximum atomic E-state index is 13.5. The van der Waals surface area contributed by atoms with E-state index in [4.69, 9.17) is 12.2 Å². The van der Waals surface area contributed by atoms with Crippen molar-refractivity contribution in [2.24, 2.45) is 0 Å². The maximum absolute atomic E-state index is 13.5. The van der Waals surface area contributed by atoms with Gasteiger partial charge < -0.3 is 0 Å². The standard InChI is InChI=1S/C21H19NOS3/c1-12-6-5-7-14(10-12)19(23)22-16-9-8-13(2)11-15(16)17-18(21(22,3)4)25-26-20(17)24/h5-11H,1-4H3. The molecule has 132 valence electrons. The third-order valence-corrected chi connectivity index (χ3v) is 8.21. The van der Waals surface area contributed by atoms with Crippen LogP contribution in [0.25, 0.3) is 11.1 Å². The molecule has 0 N–H and O–H groups in total. The highest BCUT2D eigenvalue weighted by Crippen LogP contribution is 2.52. The van der Waals surface area contributed by atoms with E-state index < -0.39 is 5.54 Å². The van der Waals surface area contributed by atoms with Crippen LogP contribution in [0.3, 0.4) is 0 Å². The van der Waals surface area contributed by atoms with Gasteiger partial charge in [-0.15, -0.1) is 0 Å². The second-order valence-corrected chi connectivity index (χ2v) is 10.1. The lowest BCUT2D eigenvalue weighted by Gasteiger charge is -2.43. The molecular weight excluding hydrogens is 378 g/mol. The lowest BCUT2D eigenvalue weighted by molar-refractivity contribution is 0.0961. The van der Waals surface area contributed by atoms with Gasteiger partial charge in [-0.2, -0.15) is 0 Å². The van der Waals surface area contributed by atoms with E-state index in [1.54, 1.807) is 20.7 Å². The fourth-order valence-corrected chi connectivity index (χ4v) is 6.90. The number of hydrogen-bond donors (Lipinski definition) is 0. The predicted molar refractivity (Wildman–Crippen MR) is 114 cm³/mol. The third kappa shape index (κ3) is 2.57. The lowest BCUT2D eigenvalue weighted by atomic mass is 9.86. The van der Waals surface area contributed by atoms with Gasteiger partial charge in [0.1, 0.15) is 3.82 Å². The number of anilines is 1. The molecule has 26 heavy (non-hydrogen) atoms. The molecule has 4 rings (SSSR count). The fourth-order valence-electron chi connectivity index (χ4n) is 3.61. The van der Waals surface area contributed by atoms with Gasteiger partial charge in [0.15, 0.2) is 0 Å². The first-order valence-corrected chi connectivity index (χ1v) is 11.0. The van der Waals surface area contributed by atoms with E-state index in [-0.39, 0.29) is 5.91 Å². The third-order valence-electron chi connectivity index (χ3n) is 4.88. The minimum absolute atomic E-state index is 0.0266. The molecule has 1 aliphatic heterocycles. The van der Waals surface area contributed by atoms with Gasteiger partial charge in [0.05, 0.1) is 16.1 Å². The Hall–Kier alpha value is -1.82. The van der Waals surface area contributed by atoms with E-state index in [2.05, 4.69) is 39.0 Å². The number of aryl methyl sites for hydroxylation is 2. The van der Waals surface area contributed by atoms with E-state index in [0.29, 0.717) is 5.56 Å². The average Bonchev–Trinajstić information content (AvgIpc) is 2.98. The lowest BCUT2D eigenvalue weighted by Crippen LogP contribution is -2.47. The molecule has 1 aliphatic rings. The van der Waals surface area contributed by atoms with Crippen molar-refractivity contribution in [3.63, 3.8) is 0 Å². The van der Waals surface area contributed by atoms with Crippen LogP contribution in [0.15, 0.2) is 42.5 Å². The van der Waals surface area contributed by atoms with E-state index in [9.17, 15) is 4.79 Å². The molecule has 1 amide bonds. The van der Waals surface area contributed by atoms with Crippen molar-refractivity contribution >= 4 is 44.5 Å². The smallest absolute Gasteiger partial charge is 0.259 e. The van der Waals surface area contributed by atoms with Crippen LogP contribution < -0.4 is 4.90 Å². The summed E-state index contributed by atoms with van der Waals surface area (Å²) in [6.45, 7) is 8.31. The minimum atomic E-state index is -0.448. The summed E-state index contributed by atoms with van der Waals surface area (Å²) in [6.07, 6.45) is 0. The van der Waals surface area contributed by atoms with Gasteiger partial charge in [-0.3, -0.25) is 9.69 Å². The molecule has 5 heteroatoms. The number of fused-ring (bicyclic) bond motifs is 3. The van der Waals surface area contributed by atoms with Crippen molar-refractivity contribution in [1.82, 2.24) is 0 Å². The molecule has 0 fully saturated rings. The van der Waals surface area contributed by atoms with Crippen molar-refractivity contribution in [3.8, 4) is 11.1 Å². The Morgan fingerprint density at radius 3 is 2.50 bits per heavy atom. The van der Waals surface area contributed by atoms with Gasteiger partial charge in [-0.1, -0.05) is 62.2 Å². The van der Waals surface area contributed by atoms with Gasteiger partial charge in [0, 0.05) is 16.7 Å². The summed E-state index contributed by atoms with van der Waals surface area (Å²) in [5.74, 6) is 0.0266. The number of carbonyl (C=O) groups excluding carboxylic acids is 1. The molecule has 2 aromatic carbocycles. The largest absolute Gasteiger partial charge is 0.297 e. The first kappa shape index (κ1) is 17.6. The van der Waals surface area contributed by atoms with Gasteiger partial charge in [0.25, 0.3) is 5.91 Å². The van der Waals surface area contributed by atoms with E-state index in [1.165, 1.54) is 10.4 Å². The normalized spacial score (nSPS) is 14.7. The van der Waals surface area contributed by atoms with E-state index in [1.807, 2.05) is 36.1 Å². The highest BCUT2D eigenvalue weighted by Gasteiger charge is 2.43. The Morgan fingerprint density at radius 1 is 1.04 bits per heavy atom. The molecule has 0 radical (unpaired) electrons. The molecule has 1 aromatic heterocycles. The number of carbonyl (C=O) groups is 1. The zero-order valence-electron chi connectivity index (χ0n) is 15.1. The van der Waals surface area contributed by atoms with E-state index >= 15 is 0 Å². The monoisotopic (exact) mass is 397 g/mol. The van der Waals surface area contributed by atoms with Gasteiger partial charge in [-0.05, 0) is 52.0 Å². The molecule has 2 heterocycles. The summed E-state index contributed by atoms with van der Waals surface area (Å²) < 4.78 is 0.910. The minimum Gasteiger partial charge on any atom is -0.297 e. The molecular formula is C21H19NOS3. The second-order valence-electron chi connectivity index (χ2n) is 7.25. The number of benzene rings is 2. The summed E-state index contributed by atoms with van der Waals surface area (Å²) in [7, 11) is 3.31. The van der Waals surface area contributed by atoms with Crippen molar-refractivity contribution in [3.05, 3.63) is 67.9 Å².